The Morgan fingerprint density at radius 1 is 1.20 bits per heavy atom. The molecule has 0 atom stereocenters. The molecule has 0 aromatic heterocycles. The third kappa shape index (κ3) is 6.56. The van der Waals surface area contributed by atoms with E-state index in [2.05, 4.69) is 5.32 Å². The lowest BCUT2D eigenvalue weighted by Gasteiger charge is -2.30. The molecular formula is C13H24F3N3O. The number of hydrogen-bond acceptors (Lipinski definition) is 3. The second-order valence-corrected chi connectivity index (χ2v) is 5.55. The van der Waals surface area contributed by atoms with E-state index < -0.39 is 12.7 Å². The summed E-state index contributed by atoms with van der Waals surface area (Å²) in [4.78, 5) is 15.8. The van der Waals surface area contributed by atoms with Crippen LogP contribution in [0.15, 0.2) is 0 Å². The van der Waals surface area contributed by atoms with Crippen LogP contribution in [0.3, 0.4) is 0 Å². The maximum absolute atomic E-state index is 12.1. The summed E-state index contributed by atoms with van der Waals surface area (Å²) in [6.45, 7) is -0.0694. The van der Waals surface area contributed by atoms with Gasteiger partial charge in [0, 0.05) is 19.1 Å². The van der Waals surface area contributed by atoms with Crippen LogP contribution in [0.5, 0.6) is 0 Å². The van der Waals surface area contributed by atoms with Crippen molar-refractivity contribution >= 4 is 5.91 Å². The molecule has 1 saturated carbocycles. The van der Waals surface area contributed by atoms with Crippen LogP contribution in [0.1, 0.15) is 25.7 Å². The van der Waals surface area contributed by atoms with Gasteiger partial charge in [0.05, 0.1) is 13.1 Å². The molecule has 0 aliphatic heterocycles. The van der Waals surface area contributed by atoms with Crippen LogP contribution in [-0.2, 0) is 4.79 Å². The number of halogens is 3. The average molecular weight is 295 g/mol. The van der Waals surface area contributed by atoms with E-state index in [4.69, 9.17) is 0 Å². The van der Waals surface area contributed by atoms with Crippen LogP contribution in [-0.4, -0.2) is 68.2 Å². The molecule has 0 unspecified atom stereocenters. The van der Waals surface area contributed by atoms with Crippen LogP contribution in [0, 0.1) is 0 Å². The number of rotatable bonds is 7. The summed E-state index contributed by atoms with van der Waals surface area (Å²) >= 11 is 0. The topological polar surface area (TPSA) is 35.6 Å². The Morgan fingerprint density at radius 3 is 2.30 bits per heavy atom. The Kier molecular flexibility index (Phi) is 6.75. The van der Waals surface area contributed by atoms with Crippen molar-refractivity contribution in [1.29, 1.82) is 0 Å². The first-order valence-corrected chi connectivity index (χ1v) is 7.01. The molecule has 1 aliphatic rings. The first-order chi connectivity index (χ1) is 9.29. The molecule has 0 spiro atoms. The third-order valence-corrected chi connectivity index (χ3v) is 3.48. The Bertz CT molecular complexity index is 302. The van der Waals surface area contributed by atoms with Crippen LogP contribution in [0.2, 0.25) is 0 Å². The van der Waals surface area contributed by atoms with E-state index in [1.54, 1.807) is 4.90 Å². The van der Waals surface area contributed by atoms with Crippen LogP contribution < -0.4 is 5.32 Å². The average Bonchev–Trinajstić information content (AvgIpc) is 2.80. The normalized spacial score (nSPS) is 16.9. The predicted molar refractivity (Wildman–Crippen MR) is 71.4 cm³/mol. The minimum atomic E-state index is -4.28. The molecule has 1 N–H and O–H groups in total. The van der Waals surface area contributed by atoms with Gasteiger partial charge in [-0.05, 0) is 26.9 Å². The zero-order valence-corrected chi connectivity index (χ0v) is 12.2. The molecule has 1 amide bonds. The van der Waals surface area contributed by atoms with Crippen molar-refractivity contribution in [2.45, 2.75) is 37.9 Å². The molecule has 1 rings (SSSR count). The fourth-order valence-electron chi connectivity index (χ4n) is 2.45. The fraction of sp³-hybridized carbons (Fsp3) is 0.923. The van der Waals surface area contributed by atoms with E-state index >= 15 is 0 Å². The van der Waals surface area contributed by atoms with Gasteiger partial charge < -0.3 is 15.1 Å². The zero-order valence-electron chi connectivity index (χ0n) is 12.2. The summed E-state index contributed by atoms with van der Waals surface area (Å²) < 4.78 is 36.2. The molecule has 0 saturated heterocycles. The van der Waals surface area contributed by atoms with Crippen LogP contribution >= 0.6 is 0 Å². The summed E-state index contributed by atoms with van der Waals surface area (Å²) in [7, 11) is 3.83. The number of nitrogens with one attached hydrogen (secondary N) is 1. The minimum absolute atomic E-state index is 0.190. The molecule has 0 heterocycles. The monoisotopic (exact) mass is 295 g/mol. The summed E-state index contributed by atoms with van der Waals surface area (Å²) in [6.07, 6.45) is -0.183. The van der Waals surface area contributed by atoms with E-state index in [9.17, 15) is 18.0 Å². The highest BCUT2D eigenvalue weighted by Gasteiger charge is 2.29. The van der Waals surface area contributed by atoms with Crippen molar-refractivity contribution in [1.82, 2.24) is 15.1 Å². The Hall–Kier alpha value is -0.820. The summed E-state index contributed by atoms with van der Waals surface area (Å²) in [5.74, 6) is -0.233. The lowest BCUT2D eigenvalue weighted by Crippen LogP contribution is -2.47. The predicted octanol–water partition coefficient (Wildman–Crippen LogP) is 1.47. The molecule has 4 nitrogen and oxygen atoms in total. The van der Waals surface area contributed by atoms with E-state index in [0.717, 1.165) is 32.2 Å². The van der Waals surface area contributed by atoms with Crippen molar-refractivity contribution < 1.29 is 18.0 Å². The van der Waals surface area contributed by atoms with Gasteiger partial charge in [-0.1, -0.05) is 12.8 Å². The highest BCUT2D eigenvalue weighted by atomic mass is 19.4. The Labute approximate surface area is 118 Å². The molecule has 118 valence electrons. The highest BCUT2D eigenvalue weighted by Crippen LogP contribution is 2.23. The molecule has 1 fully saturated rings. The van der Waals surface area contributed by atoms with Gasteiger partial charge in [-0.3, -0.25) is 4.79 Å². The van der Waals surface area contributed by atoms with Gasteiger partial charge in [0.2, 0.25) is 5.91 Å². The summed E-state index contributed by atoms with van der Waals surface area (Å²) in [5, 5.41) is 2.19. The van der Waals surface area contributed by atoms with E-state index in [1.165, 1.54) is 0 Å². The number of carbonyl (C=O) groups excluding carboxylic acids is 1. The SMILES string of the molecule is CN(C)CCN(C(=O)CNCC(F)(F)F)C1CCCC1. The lowest BCUT2D eigenvalue weighted by molar-refractivity contribution is -0.136. The Morgan fingerprint density at radius 2 is 1.80 bits per heavy atom. The molecule has 0 aromatic carbocycles. The first kappa shape index (κ1) is 17.2. The van der Waals surface area contributed by atoms with Crippen molar-refractivity contribution in [3.63, 3.8) is 0 Å². The van der Waals surface area contributed by atoms with Gasteiger partial charge in [0.1, 0.15) is 0 Å². The molecule has 1 aliphatic carbocycles. The van der Waals surface area contributed by atoms with Crippen molar-refractivity contribution in [3.8, 4) is 0 Å². The number of amides is 1. The van der Waals surface area contributed by atoms with E-state index in [0.29, 0.717) is 6.54 Å². The van der Waals surface area contributed by atoms with E-state index in [-0.39, 0.29) is 18.5 Å². The first-order valence-electron chi connectivity index (χ1n) is 7.01. The smallest absolute Gasteiger partial charge is 0.337 e. The van der Waals surface area contributed by atoms with Gasteiger partial charge in [0.25, 0.3) is 0 Å². The molecule has 0 bridgehead atoms. The maximum atomic E-state index is 12.1. The number of hydrogen-bond donors (Lipinski definition) is 1. The zero-order chi connectivity index (χ0) is 15.2. The van der Waals surface area contributed by atoms with E-state index in [1.807, 2.05) is 19.0 Å². The van der Waals surface area contributed by atoms with Gasteiger partial charge >= 0.3 is 6.18 Å². The highest BCUT2D eigenvalue weighted by molar-refractivity contribution is 5.78. The summed E-state index contributed by atoms with van der Waals surface area (Å²) in [6, 6.07) is 0.190. The largest absolute Gasteiger partial charge is 0.401 e. The fourth-order valence-corrected chi connectivity index (χ4v) is 2.45. The summed E-state index contributed by atoms with van der Waals surface area (Å²) in [5.41, 5.74) is 0. The van der Waals surface area contributed by atoms with Crippen LogP contribution in [0.4, 0.5) is 13.2 Å². The number of carbonyl (C=O) groups is 1. The van der Waals surface area contributed by atoms with Gasteiger partial charge in [-0.15, -0.1) is 0 Å². The number of alkyl halides is 3. The molecule has 0 radical (unpaired) electrons. The van der Waals surface area contributed by atoms with Gasteiger partial charge in [-0.2, -0.15) is 13.2 Å². The maximum Gasteiger partial charge on any atom is 0.401 e. The Balaban J connectivity index is 2.46. The molecule has 0 aromatic rings. The van der Waals surface area contributed by atoms with Crippen LogP contribution in [0.25, 0.3) is 0 Å². The molecular weight excluding hydrogens is 271 g/mol. The minimum Gasteiger partial charge on any atom is -0.337 e. The van der Waals surface area contributed by atoms with Gasteiger partial charge in [0.15, 0.2) is 0 Å². The van der Waals surface area contributed by atoms with Crippen molar-refractivity contribution in [3.05, 3.63) is 0 Å². The van der Waals surface area contributed by atoms with Crippen molar-refractivity contribution in [2.24, 2.45) is 0 Å². The van der Waals surface area contributed by atoms with Gasteiger partial charge in [-0.25, -0.2) is 0 Å². The third-order valence-electron chi connectivity index (χ3n) is 3.48. The quantitative estimate of drug-likeness (QED) is 0.772. The lowest BCUT2D eigenvalue weighted by atomic mass is 10.2. The molecule has 20 heavy (non-hydrogen) atoms. The standard InChI is InChI=1S/C13H24F3N3O/c1-18(2)7-8-19(11-5-3-4-6-11)12(20)9-17-10-13(14,15)16/h11,17H,3-10H2,1-2H3. The second kappa shape index (κ2) is 7.83. The molecule has 7 heteroatoms. The number of nitrogens with zero attached hydrogens (tertiary/aromatic N) is 2. The second-order valence-electron chi connectivity index (χ2n) is 5.55. The number of likely N-dealkylation sites (N-methyl/N-ethyl adjacent to an activating group) is 1. The van der Waals surface area contributed by atoms with Crippen molar-refractivity contribution in [2.75, 3.05) is 40.3 Å².